The normalized spacial score (nSPS) is 16.5. The zero-order valence-electron chi connectivity index (χ0n) is 15.7. The SMILES string of the molecule is CC(C)CC(C)OCCC(=O)Nc1nc(C2CCNCC2)nn1C.Cl. The minimum atomic E-state index is -0.0842. The lowest BCUT2D eigenvalue weighted by atomic mass is 9.98. The van der Waals surface area contributed by atoms with Crippen LogP contribution in [-0.4, -0.2) is 46.5 Å². The standard InChI is InChI=1S/C17H31N5O2.ClH/c1-12(2)11-13(3)24-10-7-15(23)19-17-20-16(21-22(17)4)14-5-8-18-9-6-14;/h12-14,18H,5-11H2,1-4H3,(H,19,20,21,23);1H. The van der Waals surface area contributed by atoms with Crippen LogP contribution in [0.15, 0.2) is 0 Å². The summed E-state index contributed by atoms with van der Waals surface area (Å²) < 4.78 is 7.33. The molecule has 0 aromatic carbocycles. The van der Waals surface area contributed by atoms with Crippen LogP contribution in [0.4, 0.5) is 5.95 Å². The van der Waals surface area contributed by atoms with Gasteiger partial charge in [-0.05, 0) is 45.2 Å². The highest BCUT2D eigenvalue weighted by Crippen LogP contribution is 2.23. The Kier molecular flexibility index (Phi) is 9.38. The van der Waals surface area contributed by atoms with Gasteiger partial charge in [-0.1, -0.05) is 13.8 Å². The predicted molar refractivity (Wildman–Crippen MR) is 101 cm³/mol. The minimum absolute atomic E-state index is 0. The number of carbonyl (C=O) groups excluding carboxylic acids is 1. The van der Waals surface area contributed by atoms with Crippen molar-refractivity contribution in [2.75, 3.05) is 25.0 Å². The van der Waals surface area contributed by atoms with Gasteiger partial charge in [-0.25, -0.2) is 4.68 Å². The van der Waals surface area contributed by atoms with E-state index < -0.39 is 0 Å². The summed E-state index contributed by atoms with van der Waals surface area (Å²) >= 11 is 0. The summed E-state index contributed by atoms with van der Waals surface area (Å²) in [6.45, 7) is 8.80. The van der Waals surface area contributed by atoms with Crippen LogP contribution in [0.3, 0.4) is 0 Å². The molecule has 1 fully saturated rings. The van der Waals surface area contributed by atoms with Crippen molar-refractivity contribution in [3.05, 3.63) is 5.82 Å². The van der Waals surface area contributed by atoms with E-state index in [1.54, 1.807) is 4.68 Å². The van der Waals surface area contributed by atoms with E-state index in [9.17, 15) is 4.79 Å². The minimum Gasteiger partial charge on any atom is -0.378 e. The molecular formula is C17H32ClN5O2. The summed E-state index contributed by atoms with van der Waals surface area (Å²) in [6.07, 6.45) is 3.60. The van der Waals surface area contributed by atoms with Crippen molar-refractivity contribution in [3.8, 4) is 0 Å². The van der Waals surface area contributed by atoms with Gasteiger partial charge in [0.2, 0.25) is 11.9 Å². The van der Waals surface area contributed by atoms with E-state index in [4.69, 9.17) is 4.74 Å². The Morgan fingerprint density at radius 3 is 2.68 bits per heavy atom. The van der Waals surface area contributed by atoms with E-state index in [2.05, 4.69) is 34.6 Å². The second-order valence-electron chi connectivity index (χ2n) is 7.05. The third kappa shape index (κ3) is 7.30. The van der Waals surface area contributed by atoms with Crippen molar-refractivity contribution in [2.24, 2.45) is 13.0 Å². The highest BCUT2D eigenvalue weighted by molar-refractivity contribution is 5.89. The quantitative estimate of drug-likeness (QED) is 0.731. The Morgan fingerprint density at radius 1 is 1.36 bits per heavy atom. The van der Waals surface area contributed by atoms with E-state index in [1.165, 1.54) is 0 Å². The van der Waals surface area contributed by atoms with Crippen molar-refractivity contribution in [1.82, 2.24) is 20.1 Å². The molecule has 0 saturated carbocycles. The lowest BCUT2D eigenvalue weighted by Crippen LogP contribution is -2.27. The first-order chi connectivity index (χ1) is 11.5. The molecule has 1 aliphatic rings. The number of rotatable bonds is 8. The van der Waals surface area contributed by atoms with Crippen molar-refractivity contribution in [3.63, 3.8) is 0 Å². The first-order valence-electron chi connectivity index (χ1n) is 8.98. The van der Waals surface area contributed by atoms with E-state index in [-0.39, 0.29) is 24.4 Å². The van der Waals surface area contributed by atoms with Crippen molar-refractivity contribution >= 4 is 24.3 Å². The number of carbonyl (C=O) groups is 1. The Bertz CT molecular complexity index is 529. The number of nitrogens with one attached hydrogen (secondary N) is 2. The number of aromatic nitrogens is 3. The fraction of sp³-hybridized carbons (Fsp3) is 0.824. The molecular weight excluding hydrogens is 342 g/mol. The molecule has 1 unspecified atom stereocenters. The number of aryl methyl sites for hydroxylation is 1. The van der Waals surface area contributed by atoms with Gasteiger partial charge in [0.15, 0.2) is 5.82 Å². The summed E-state index contributed by atoms with van der Waals surface area (Å²) in [4.78, 5) is 16.6. The third-order valence-electron chi connectivity index (χ3n) is 4.27. The maximum Gasteiger partial charge on any atom is 0.229 e. The van der Waals surface area contributed by atoms with Gasteiger partial charge in [-0.2, -0.15) is 10.1 Å². The third-order valence-corrected chi connectivity index (χ3v) is 4.27. The van der Waals surface area contributed by atoms with Crippen molar-refractivity contribution in [1.29, 1.82) is 0 Å². The number of halogens is 1. The van der Waals surface area contributed by atoms with Gasteiger partial charge < -0.3 is 10.1 Å². The molecule has 1 aromatic heterocycles. The summed E-state index contributed by atoms with van der Waals surface area (Å²) in [6, 6.07) is 0. The molecule has 7 nitrogen and oxygen atoms in total. The Hall–Kier alpha value is -1.18. The van der Waals surface area contributed by atoms with E-state index >= 15 is 0 Å². The monoisotopic (exact) mass is 373 g/mol. The number of nitrogens with zero attached hydrogens (tertiary/aromatic N) is 3. The topological polar surface area (TPSA) is 81.1 Å². The number of hydrogen-bond acceptors (Lipinski definition) is 5. The number of anilines is 1. The maximum absolute atomic E-state index is 12.1. The number of hydrogen-bond donors (Lipinski definition) is 2. The van der Waals surface area contributed by atoms with Crippen molar-refractivity contribution < 1.29 is 9.53 Å². The molecule has 0 bridgehead atoms. The lowest BCUT2D eigenvalue weighted by Gasteiger charge is -2.19. The van der Waals surface area contributed by atoms with E-state index in [0.717, 1.165) is 38.2 Å². The summed E-state index contributed by atoms with van der Waals surface area (Å²) in [5, 5.41) is 10.6. The molecule has 8 heteroatoms. The highest BCUT2D eigenvalue weighted by atomic mass is 35.5. The van der Waals surface area contributed by atoms with Crippen LogP contribution in [0.25, 0.3) is 0 Å². The molecule has 2 rings (SSSR count). The summed E-state index contributed by atoms with van der Waals surface area (Å²) in [5.74, 6) is 2.24. The summed E-state index contributed by atoms with van der Waals surface area (Å²) in [5.41, 5.74) is 0. The summed E-state index contributed by atoms with van der Waals surface area (Å²) in [7, 11) is 1.81. The van der Waals surface area contributed by atoms with Crippen LogP contribution < -0.4 is 10.6 Å². The fourth-order valence-corrected chi connectivity index (χ4v) is 3.04. The lowest BCUT2D eigenvalue weighted by molar-refractivity contribution is -0.117. The molecule has 1 aliphatic heterocycles. The number of piperidine rings is 1. The molecule has 0 radical (unpaired) electrons. The van der Waals surface area contributed by atoms with Crippen LogP contribution >= 0.6 is 12.4 Å². The molecule has 0 aliphatic carbocycles. The zero-order valence-corrected chi connectivity index (χ0v) is 16.6. The van der Waals surface area contributed by atoms with Gasteiger partial charge in [0, 0.05) is 13.0 Å². The Balaban J connectivity index is 0.00000312. The van der Waals surface area contributed by atoms with Crippen LogP contribution in [0.2, 0.25) is 0 Å². The largest absolute Gasteiger partial charge is 0.378 e. The number of ether oxygens (including phenoxy) is 1. The van der Waals surface area contributed by atoms with E-state index in [0.29, 0.717) is 30.8 Å². The molecule has 144 valence electrons. The number of amides is 1. The van der Waals surface area contributed by atoms with E-state index in [1.807, 2.05) is 14.0 Å². The first kappa shape index (κ1) is 21.9. The smallest absolute Gasteiger partial charge is 0.229 e. The molecule has 0 spiro atoms. The second kappa shape index (κ2) is 10.7. The average molecular weight is 374 g/mol. The molecule has 1 atom stereocenters. The van der Waals surface area contributed by atoms with Gasteiger partial charge in [-0.15, -0.1) is 12.4 Å². The first-order valence-corrected chi connectivity index (χ1v) is 8.98. The maximum atomic E-state index is 12.1. The van der Waals surface area contributed by atoms with Gasteiger partial charge in [0.25, 0.3) is 0 Å². The van der Waals surface area contributed by atoms with Gasteiger partial charge >= 0.3 is 0 Å². The molecule has 1 saturated heterocycles. The fourth-order valence-electron chi connectivity index (χ4n) is 3.04. The molecule has 1 aromatic rings. The second-order valence-corrected chi connectivity index (χ2v) is 7.05. The predicted octanol–water partition coefficient (Wildman–Crippen LogP) is 2.48. The molecule has 2 heterocycles. The van der Waals surface area contributed by atoms with Gasteiger partial charge in [0.05, 0.1) is 19.1 Å². The molecule has 2 N–H and O–H groups in total. The van der Waals surface area contributed by atoms with Gasteiger partial charge in [-0.3, -0.25) is 10.1 Å². The highest BCUT2D eigenvalue weighted by Gasteiger charge is 2.21. The molecule has 1 amide bonds. The van der Waals surface area contributed by atoms with Crippen molar-refractivity contribution in [2.45, 2.75) is 58.5 Å². The van der Waals surface area contributed by atoms with Crippen LogP contribution in [0.5, 0.6) is 0 Å². The van der Waals surface area contributed by atoms with Crippen LogP contribution in [0.1, 0.15) is 58.2 Å². The molecule has 25 heavy (non-hydrogen) atoms. The Labute approximate surface area is 156 Å². The zero-order chi connectivity index (χ0) is 17.5. The van der Waals surface area contributed by atoms with Crippen LogP contribution in [0, 0.1) is 5.92 Å². The Morgan fingerprint density at radius 2 is 2.04 bits per heavy atom. The van der Waals surface area contributed by atoms with Gasteiger partial charge in [0.1, 0.15) is 0 Å². The van der Waals surface area contributed by atoms with Crippen LogP contribution in [-0.2, 0) is 16.6 Å². The average Bonchev–Trinajstić information content (AvgIpc) is 2.88.